The number of halogens is 9. The maximum atomic E-state index is 13.1. The number of H-pyrrole nitrogens is 1. The van der Waals surface area contributed by atoms with Gasteiger partial charge in [-0.2, -0.15) is 39.5 Å². The summed E-state index contributed by atoms with van der Waals surface area (Å²) in [6.45, 7) is 0. The molecule has 2 heterocycles. The lowest BCUT2D eigenvalue weighted by Gasteiger charge is -2.11. The monoisotopic (exact) mass is 399 g/mol. The Morgan fingerprint density at radius 1 is 0.778 bits per heavy atom. The van der Waals surface area contributed by atoms with E-state index in [1.807, 2.05) is 0 Å². The Bertz CT molecular complexity index is 979. The summed E-state index contributed by atoms with van der Waals surface area (Å²) in [6, 6.07) is 1.84. The minimum absolute atomic E-state index is 0.0715. The van der Waals surface area contributed by atoms with Crippen LogP contribution >= 0.6 is 0 Å². The Balaban J connectivity index is 2.17. The van der Waals surface area contributed by atoms with Crippen molar-refractivity contribution in [3.8, 4) is 11.4 Å². The molecule has 0 bridgehead atoms. The van der Waals surface area contributed by atoms with Crippen LogP contribution in [0.25, 0.3) is 22.4 Å². The van der Waals surface area contributed by atoms with E-state index in [0.717, 1.165) is 6.07 Å². The van der Waals surface area contributed by atoms with E-state index in [-0.39, 0.29) is 17.5 Å². The average molecular weight is 399 g/mol. The van der Waals surface area contributed by atoms with Crippen LogP contribution in [0.1, 0.15) is 16.8 Å². The molecule has 2 aromatic heterocycles. The van der Waals surface area contributed by atoms with E-state index in [1.54, 1.807) is 0 Å². The number of pyridine rings is 1. The van der Waals surface area contributed by atoms with Crippen LogP contribution < -0.4 is 0 Å². The molecule has 0 aliphatic rings. The largest absolute Gasteiger partial charge is 0.433 e. The minimum Gasteiger partial charge on any atom is -0.338 e. The molecule has 0 aliphatic heterocycles. The standard InChI is InChI=1S/C15H6F9N3/c16-13(17,18)7-3-8(14(19,20)21)11-9(4-7)26-12(27-11)6-1-2-10(25-5-6)15(22,23)24/h1-5H,(H,26,27). The molecule has 3 aromatic rings. The van der Waals surface area contributed by atoms with Gasteiger partial charge in [-0.05, 0) is 24.3 Å². The Labute approximate surface area is 143 Å². The third-order valence-electron chi connectivity index (χ3n) is 3.55. The third kappa shape index (κ3) is 3.69. The smallest absolute Gasteiger partial charge is 0.338 e. The normalized spacial score (nSPS) is 13.4. The third-order valence-corrected chi connectivity index (χ3v) is 3.55. The Morgan fingerprint density at radius 2 is 1.44 bits per heavy atom. The van der Waals surface area contributed by atoms with Crippen LogP contribution in [0, 0.1) is 0 Å². The lowest BCUT2D eigenvalue weighted by atomic mass is 10.1. The van der Waals surface area contributed by atoms with Crippen LogP contribution in [-0.4, -0.2) is 15.0 Å². The number of aromatic amines is 1. The lowest BCUT2D eigenvalue weighted by Crippen LogP contribution is -2.11. The zero-order chi connectivity index (χ0) is 20.2. The van der Waals surface area contributed by atoms with E-state index in [4.69, 9.17) is 0 Å². The van der Waals surface area contributed by atoms with Gasteiger partial charge in [0, 0.05) is 11.8 Å². The summed E-state index contributed by atoms with van der Waals surface area (Å²) in [4.78, 5) is 9.00. The van der Waals surface area contributed by atoms with Crippen LogP contribution in [0.5, 0.6) is 0 Å². The summed E-state index contributed by atoms with van der Waals surface area (Å²) in [5.41, 5.74) is -5.87. The number of fused-ring (bicyclic) bond motifs is 1. The molecule has 144 valence electrons. The van der Waals surface area contributed by atoms with Crippen LogP contribution in [0.2, 0.25) is 0 Å². The van der Waals surface area contributed by atoms with E-state index in [0.29, 0.717) is 18.3 Å². The Hall–Kier alpha value is -2.79. The van der Waals surface area contributed by atoms with Gasteiger partial charge in [0.05, 0.1) is 16.6 Å². The summed E-state index contributed by atoms with van der Waals surface area (Å²) in [5, 5.41) is 0. The van der Waals surface area contributed by atoms with Crippen molar-refractivity contribution in [3.63, 3.8) is 0 Å². The van der Waals surface area contributed by atoms with Crippen molar-refractivity contribution in [2.45, 2.75) is 18.5 Å². The van der Waals surface area contributed by atoms with Crippen molar-refractivity contribution in [1.82, 2.24) is 15.0 Å². The molecule has 0 spiro atoms. The summed E-state index contributed by atoms with van der Waals surface area (Å²) in [7, 11) is 0. The van der Waals surface area contributed by atoms with Crippen molar-refractivity contribution in [2.24, 2.45) is 0 Å². The fraction of sp³-hybridized carbons (Fsp3) is 0.200. The number of benzene rings is 1. The van der Waals surface area contributed by atoms with Crippen LogP contribution in [-0.2, 0) is 18.5 Å². The number of alkyl halides is 9. The molecular formula is C15H6F9N3. The number of nitrogens with zero attached hydrogens (tertiary/aromatic N) is 2. The first-order valence-corrected chi connectivity index (χ1v) is 6.98. The van der Waals surface area contributed by atoms with Gasteiger partial charge in [0.2, 0.25) is 0 Å². The van der Waals surface area contributed by atoms with E-state index in [1.165, 1.54) is 0 Å². The molecule has 12 heteroatoms. The van der Waals surface area contributed by atoms with E-state index < -0.39 is 46.4 Å². The zero-order valence-corrected chi connectivity index (χ0v) is 12.7. The fourth-order valence-electron chi connectivity index (χ4n) is 2.34. The van der Waals surface area contributed by atoms with Crippen molar-refractivity contribution >= 4 is 11.0 Å². The van der Waals surface area contributed by atoms with Gasteiger partial charge in [0.1, 0.15) is 17.0 Å². The van der Waals surface area contributed by atoms with Gasteiger partial charge in [-0.1, -0.05) is 0 Å². The number of hydrogen-bond acceptors (Lipinski definition) is 2. The number of nitrogens with one attached hydrogen (secondary N) is 1. The second-order valence-corrected chi connectivity index (χ2v) is 5.43. The second-order valence-electron chi connectivity index (χ2n) is 5.43. The quantitative estimate of drug-likeness (QED) is 0.535. The van der Waals surface area contributed by atoms with Gasteiger partial charge in [0.15, 0.2) is 0 Å². The molecule has 0 aliphatic carbocycles. The predicted octanol–water partition coefficient (Wildman–Crippen LogP) is 5.68. The van der Waals surface area contributed by atoms with Crippen molar-refractivity contribution in [3.05, 3.63) is 47.3 Å². The highest BCUT2D eigenvalue weighted by atomic mass is 19.4. The number of aromatic nitrogens is 3. The van der Waals surface area contributed by atoms with Gasteiger partial charge in [-0.25, -0.2) is 4.98 Å². The van der Waals surface area contributed by atoms with Gasteiger partial charge in [0.25, 0.3) is 0 Å². The SMILES string of the molecule is FC(F)(F)c1cc(C(F)(F)F)c2nc(-c3ccc(C(F)(F)F)nc3)[nH]c2c1. The molecule has 0 amide bonds. The first kappa shape index (κ1) is 19.0. The maximum absolute atomic E-state index is 13.1. The van der Waals surface area contributed by atoms with Crippen LogP contribution in [0.15, 0.2) is 30.5 Å². The summed E-state index contributed by atoms with van der Waals surface area (Å²) in [5.74, 6) is -0.351. The molecule has 0 saturated heterocycles. The Morgan fingerprint density at radius 3 is 1.93 bits per heavy atom. The molecule has 1 N–H and O–H groups in total. The molecule has 27 heavy (non-hydrogen) atoms. The fourth-order valence-corrected chi connectivity index (χ4v) is 2.34. The first-order valence-electron chi connectivity index (χ1n) is 6.98. The molecule has 0 saturated carbocycles. The number of imidazole rings is 1. The van der Waals surface area contributed by atoms with Gasteiger partial charge >= 0.3 is 18.5 Å². The van der Waals surface area contributed by atoms with Gasteiger partial charge < -0.3 is 4.98 Å². The molecule has 1 aromatic carbocycles. The molecule has 3 rings (SSSR count). The van der Waals surface area contributed by atoms with Gasteiger partial charge in [-0.15, -0.1) is 0 Å². The highest BCUT2D eigenvalue weighted by molar-refractivity contribution is 5.83. The number of hydrogen-bond donors (Lipinski definition) is 1. The molecular weight excluding hydrogens is 393 g/mol. The highest BCUT2D eigenvalue weighted by Gasteiger charge is 2.39. The highest BCUT2D eigenvalue weighted by Crippen LogP contribution is 2.40. The van der Waals surface area contributed by atoms with Gasteiger partial charge in [-0.3, -0.25) is 4.98 Å². The van der Waals surface area contributed by atoms with Crippen molar-refractivity contribution in [1.29, 1.82) is 0 Å². The molecule has 0 atom stereocenters. The van der Waals surface area contributed by atoms with Crippen molar-refractivity contribution < 1.29 is 39.5 Å². The maximum Gasteiger partial charge on any atom is 0.433 e. The van der Waals surface area contributed by atoms with Crippen LogP contribution in [0.3, 0.4) is 0 Å². The molecule has 0 radical (unpaired) electrons. The lowest BCUT2D eigenvalue weighted by molar-refractivity contribution is -0.143. The second kappa shape index (κ2) is 5.86. The summed E-state index contributed by atoms with van der Waals surface area (Å²) in [6.07, 6.45) is -14.2. The number of rotatable bonds is 1. The Kier molecular flexibility index (Phi) is 4.12. The van der Waals surface area contributed by atoms with Crippen LogP contribution in [0.4, 0.5) is 39.5 Å². The minimum atomic E-state index is -5.12. The average Bonchev–Trinajstić information content (AvgIpc) is 2.95. The molecule has 3 nitrogen and oxygen atoms in total. The molecule has 0 fully saturated rings. The first-order chi connectivity index (χ1) is 12.3. The molecule has 0 unspecified atom stereocenters. The van der Waals surface area contributed by atoms with E-state index >= 15 is 0 Å². The van der Waals surface area contributed by atoms with E-state index in [2.05, 4.69) is 15.0 Å². The van der Waals surface area contributed by atoms with Crippen molar-refractivity contribution in [2.75, 3.05) is 0 Å². The zero-order valence-electron chi connectivity index (χ0n) is 12.7. The topological polar surface area (TPSA) is 41.6 Å². The predicted molar refractivity (Wildman–Crippen MR) is 74.3 cm³/mol. The summed E-state index contributed by atoms with van der Waals surface area (Å²) >= 11 is 0. The van der Waals surface area contributed by atoms with E-state index in [9.17, 15) is 39.5 Å². The summed E-state index contributed by atoms with van der Waals surface area (Å²) < 4.78 is 115.